The highest BCUT2D eigenvalue weighted by Crippen LogP contribution is 2.52. The number of rotatable bonds is 9. The van der Waals surface area contributed by atoms with Gasteiger partial charge in [-0.3, -0.25) is 0 Å². The van der Waals surface area contributed by atoms with Crippen LogP contribution in [0.25, 0.3) is 28.0 Å². The van der Waals surface area contributed by atoms with Crippen LogP contribution in [0.4, 0.5) is 5.69 Å². The van der Waals surface area contributed by atoms with Crippen LogP contribution in [0, 0.1) is 0 Å². The van der Waals surface area contributed by atoms with E-state index in [0.717, 1.165) is 23.4 Å². The molecule has 1 aliphatic carbocycles. The number of benzene rings is 4. The van der Waals surface area contributed by atoms with Gasteiger partial charge in [0.15, 0.2) is 0 Å². The van der Waals surface area contributed by atoms with E-state index < -0.39 is 0 Å². The van der Waals surface area contributed by atoms with E-state index in [9.17, 15) is 0 Å². The van der Waals surface area contributed by atoms with Gasteiger partial charge in [0, 0.05) is 16.7 Å². The fourth-order valence-corrected chi connectivity index (χ4v) is 6.36. The second-order valence-electron chi connectivity index (χ2n) is 12.6. The van der Waals surface area contributed by atoms with Crippen molar-refractivity contribution in [3.8, 4) is 11.1 Å². The average Bonchev–Trinajstić information content (AvgIpc) is 3.22. The van der Waals surface area contributed by atoms with E-state index in [4.69, 9.17) is 0 Å². The molecule has 1 N–H and O–H groups in total. The summed E-state index contributed by atoms with van der Waals surface area (Å²) < 4.78 is 0. The summed E-state index contributed by atoms with van der Waals surface area (Å²) in [5.74, 6) is 0. The van der Waals surface area contributed by atoms with Crippen molar-refractivity contribution < 1.29 is 0 Å². The lowest BCUT2D eigenvalue weighted by atomic mass is 9.78. The average molecular weight is 550 g/mol. The highest BCUT2D eigenvalue weighted by atomic mass is 14.9. The fraction of sp³-hybridized carbons (Fsp3) is 0.220. The Labute approximate surface area is 252 Å². The molecule has 0 atom stereocenters. The Balaban J connectivity index is 1.48. The predicted molar refractivity (Wildman–Crippen MR) is 185 cm³/mol. The molecule has 0 saturated carbocycles. The number of fused-ring (bicyclic) bond motifs is 4. The molecule has 0 spiro atoms. The zero-order valence-corrected chi connectivity index (χ0v) is 26.0. The molecule has 1 heteroatoms. The minimum Gasteiger partial charge on any atom is -0.355 e. The Morgan fingerprint density at radius 1 is 0.857 bits per heavy atom. The molecule has 4 aromatic rings. The molecule has 0 heterocycles. The Hall–Kier alpha value is -4.36. The maximum absolute atomic E-state index is 4.17. The van der Waals surface area contributed by atoms with Crippen LogP contribution in [0.5, 0.6) is 0 Å². The van der Waals surface area contributed by atoms with Crippen molar-refractivity contribution >= 4 is 22.5 Å². The van der Waals surface area contributed by atoms with Gasteiger partial charge in [-0.15, -0.1) is 0 Å². The quantitative estimate of drug-likeness (QED) is 0.205. The molecule has 0 unspecified atom stereocenters. The van der Waals surface area contributed by atoms with Crippen LogP contribution in [0.1, 0.15) is 70.2 Å². The standard InChI is InChI=1S/C41H43N/c1-8-10-11-17-31-23-26-37-38(35-19-14-15-20-36(35)41(37,6)7)39(31)42-34(9-2)25-21-29(3)28-40(4,5)33-24-22-30-16-12-13-18-32(30)27-33/h8-27,42H,2,28H2,1,3-7H3/b10-8-,17-11-,29-21-,34-25+. The summed E-state index contributed by atoms with van der Waals surface area (Å²) in [7, 11) is 0. The van der Waals surface area contributed by atoms with Gasteiger partial charge in [0.2, 0.25) is 0 Å². The van der Waals surface area contributed by atoms with E-state index in [1.54, 1.807) is 0 Å². The molecule has 1 nitrogen and oxygen atoms in total. The van der Waals surface area contributed by atoms with Crippen LogP contribution in [-0.4, -0.2) is 0 Å². The van der Waals surface area contributed by atoms with Crippen molar-refractivity contribution in [1.29, 1.82) is 0 Å². The predicted octanol–water partition coefficient (Wildman–Crippen LogP) is 11.5. The van der Waals surface area contributed by atoms with E-state index in [0.29, 0.717) is 0 Å². The fourth-order valence-electron chi connectivity index (χ4n) is 6.36. The number of hydrogen-bond acceptors (Lipinski definition) is 1. The first-order valence-corrected chi connectivity index (χ1v) is 15.0. The summed E-state index contributed by atoms with van der Waals surface area (Å²) in [4.78, 5) is 0. The van der Waals surface area contributed by atoms with Crippen LogP contribution in [0.3, 0.4) is 0 Å². The molecule has 0 fully saturated rings. The number of hydrogen-bond donors (Lipinski definition) is 1. The zero-order chi connectivity index (χ0) is 29.9. The normalized spacial score (nSPS) is 14.9. The lowest BCUT2D eigenvalue weighted by molar-refractivity contribution is 0.520. The second-order valence-corrected chi connectivity index (χ2v) is 12.6. The van der Waals surface area contributed by atoms with Gasteiger partial charge in [-0.2, -0.15) is 0 Å². The Bertz CT molecular complexity index is 1750. The van der Waals surface area contributed by atoms with Crippen molar-refractivity contribution in [3.05, 3.63) is 155 Å². The highest BCUT2D eigenvalue weighted by Gasteiger charge is 2.37. The molecular weight excluding hydrogens is 506 g/mol. The lowest BCUT2D eigenvalue weighted by Crippen LogP contribution is -2.17. The summed E-state index contributed by atoms with van der Waals surface area (Å²) in [6.45, 7) is 17.8. The number of anilines is 1. The maximum Gasteiger partial charge on any atom is 0.0540 e. The van der Waals surface area contributed by atoms with Crippen LogP contribution in [-0.2, 0) is 10.8 Å². The van der Waals surface area contributed by atoms with E-state index in [1.165, 1.54) is 44.2 Å². The van der Waals surface area contributed by atoms with Crippen molar-refractivity contribution in [3.63, 3.8) is 0 Å². The summed E-state index contributed by atoms with van der Waals surface area (Å²) in [6, 6.07) is 28.8. The van der Waals surface area contributed by atoms with Gasteiger partial charge >= 0.3 is 0 Å². The first-order chi connectivity index (χ1) is 20.2. The van der Waals surface area contributed by atoms with E-state index in [2.05, 4.69) is 162 Å². The molecule has 1 aliphatic rings. The topological polar surface area (TPSA) is 12.0 Å². The van der Waals surface area contributed by atoms with E-state index in [-0.39, 0.29) is 10.8 Å². The molecule has 0 saturated heterocycles. The smallest absolute Gasteiger partial charge is 0.0540 e. The summed E-state index contributed by atoms with van der Waals surface area (Å²) in [5.41, 5.74) is 11.2. The van der Waals surface area contributed by atoms with Crippen LogP contribution in [0.2, 0.25) is 0 Å². The van der Waals surface area contributed by atoms with E-state index in [1.807, 2.05) is 13.0 Å². The minimum absolute atomic E-state index is 0.0144. The van der Waals surface area contributed by atoms with Crippen molar-refractivity contribution in [2.45, 2.75) is 58.8 Å². The molecule has 4 aromatic carbocycles. The molecule has 0 bridgehead atoms. The van der Waals surface area contributed by atoms with Gasteiger partial charge < -0.3 is 5.32 Å². The highest BCUT2D eigenvalue weighted by molar-refractivity contribution is 5.94. The lowest BCUT2D eigenvalue weighted by Gasteiger charge is -2.26. The zero-order valence-electron chi connectivity index (χ0n) is 26.0. The molecule has 212 valence electrons. The second kappa shape index (κ2) is 11.9. The minimum atomic E-state index is -0.0587. The molecule has 5 rings (SSSR count). The molecular formula is C41H43N. The third-order valence-electron chi connectivity index (χ3n) is 8.65. The van der Waals surface area contributed by atoms with Crippen LogP contribution < -0.4 is 5.32 Å². The monoisotopic (exact) mass is 549 g/mol. The maximum atomic E-state index is 4.17. The molecule has 0 aliphatic heterocycles. The number of allylic oxidation sites excluding steroid dienone is 7. The molecule has 42 heavy (non-hydrogen) atoms. The first kappa shape index (κ1) is 29.1. The van der Waals surface area contributed by atoms with Crippen LogP contribution >= 0.6 is 0 Å². The van der Waals surface area contributed by atoms with Gasteiger partial charge in [0.05, 0.1) is 5.69 Å². The SMILES string of the molecule is C=C/C(=C\C=C(\C)CC(C)(C)c1ccc2ccccc2c1)Nc1c(/C=C\C=C/C)ccc2c1-c1ccccc1C2(C)C. The van der Waals surface area contributed by atoms with Crippen molar-refractivity contribution in [1.82, 2.24) is 0 Å². The van der Waals surface area contributed by atoms with Gasteiger partial charge in [-0.1, -0.05) is 149 Å². The summed E-state index contributed by atoms with van der Waals surface area (Å²) in [5, 5.41) is 6.37. The molecule has 0 aromatic heterocycles. The van der Waals surface area contributed by atoms with Crippen molar-refractivity contribution in [2.24, 2.45) is 0 Å². The Morgan fingerprint density at radius 3 is 2.36 bits per heavy atom. The number of nitrogens with one attached hydrogen (secondary N) is 1. The largest absolute Gasteiger partial charge is 0.355 e. The van der Waals surface area contributed by atoms with Gasteiger partial charge in [-0.25, -0.2) is 0 Å². The third-order valence-corrected chi connectivity index (χ3v) is 8.65. The Morgan fingerprint density at radius 2 is 1.60 bits per heavy atom. The summed E-state index contributed by atoms with van der Waals surface area (Å²) in [6.07, 6.45) is 15.7. The summed E-state index contributed by atoms with van der Waals surface area (Å²) >= 11 is 0. The molecule has 0 radical (unpaired) electrons. The Kier molecular flexibility index (Phi) is 8.23. The van der Waals surface area contributed by atoms with Crippen LogP contribution in [0.15, 0.2) is 133 Å². The van der Waals surface area contributed by atoms with Gasteiger partial charge in [-0.05, 0) is 76.4 Å². The third kappa shape index (κ3) is 5.70. The van der Waals surface area contributed by atoms with Crippen molar-refractivity contribution in [2.75, 3.05) is 5.32 Å². The van der Waals surface area contributed by atoms with Gasteiger partial charge in [0.25, 0.3) is 0 Å². The van der Waals surface area contributed by atoms with E-state index >= 15 is 0 Å². The molecule has 0 amide bonds. The first-order valence-electron chi connectivity index (χ1n) is 15.0. The van der Waals surface area contributed by atoms with Gasteiger partial charge in [0.1, 0.15) is 0 Å².